The fourth-order valence-electron chi connectivity index (χ4n) is 2.99. The van der Waals surface area contributed by atoms with Crippen LogP contribution in [0.25, 0.3) is 0 Å². The summed E-state index contributed by atoms with van der Waals surface area (Å²) in [7, 11) is 0. The molecule has 1 fully saturated rings. The second-order valence-electron chi connectivity index (χ2n) is 6.25. The molecule has 1 aliphatic heterocycles. The van der Waals surface area contributed by atoms with Crippen molar-refractivity contribution in [3.05, 3.63) is 29.8 Å². The van der Waals surface area contributed by atoms with Gasteiger partial charge < -0.3 is 15.0 Å². The Bertz CT molecular complexity index is 628. The first-order valence-electron chi connectivity index (χ1n) is 8.73. The number of nitrogens with one attached hydrogen (secondary N) is 1. The number of carbonyl (C=O) groups excluding carboxylic acids is 2. The predicted octanol–water partition coefficient (Wildman–Crippen LogP) is 2.35. The summed E-state index contributed by atoms with van der Waals surface area (Å²) in [6.07, 6.45) is 1.68. The van der Waals surface area contributed by atoms with Crippen molar-refractivity contribution in [1.29, 1.82) is 5.26 Å². The number of nitrogens with zero attached hydrogens (tertiary/aromatic N) is 2. The van der Waals surface area contributed by atoms with Gasteiger partial charge in [0.25, 0.3) is 0 Å². The molecule has 1 N–H and O–H groups in total. The van der Waals surface area contributed by atoms with Gasteiger partial charge in [-0.15, -0.1) is 0 Å². The smallest absolute Gasteiger partial charge is 0.309 e. The molecule has 0 aromatic heterocycles. The van der Waals surface area contributed by atoms with Gasteiger partial charge in [0.15, 0.2) is 0 Å². The molecule has 1 unspecified atom stereocenters. The third-order valence-electron chi connectivity index (χ3n) is 4.42. The van der Waals surface area contributed by atoms with Crippen LogP contribution in [0.5, 0.6) is 0 Å². The van der Waals surface area contributed by atoms with Crippen LogP contribution >= 0.6 is 0 Å². The highest BCUT2D eigenvalue weighted by molar-refractivity contribution is 5.84. The number of carbonyl (C=O) groups is 2. The van der Waals surface area contributed by atoms with Gasteiger partial charge in [0, 0.05) is 18.8 Å². The fourth-order valence-corrected chi connectivity index (χ4v) is 2.99. The minimum absolute atomic E-state index is 0.0309. The van der Waals surface area contributed by atoms with Gasteiger partial charge in [-0.2, -0.15) is 5.26 Å². The largest absolute Gasteiger partial charge is 0.466 e. The topological polar surface area (TPSA) is 82.4 Å². The van der Waals surface area contributed by atoms with Crippen LogP contribution in [0.15, 0.2) is 24.3 Å². The fraction of sp³-hybridized carbons (Fsp3) is 0.526. The van der Waals surface area contributed by atoms with E-state index in [0.29, 0.717) is 39.0 Å². The lowest BCUT2D eigenvalue weighted by Crippen LogP contribution is -2.46. The summed E-state index contributed by atoms with van der Waals surface area (Å²) >= 11 is 0. The highest BCUT2D eigenvalue weighted by atomic mass is 16.5. The molecule has 0 saturated carbocycles. The number of amides is 1. The Morgan fingerprint density at radius 2 is 1.96 bits per heavy atom. The lowest BCUT2D eigenvalue weighted by Gasteiger charge is -2.33. The average Bonchev–Trinajstić information content (AvgIpc) is 2.63. The van der Waals surface area contributed by atoms with Crippen LogP contribution in [0.3, 0.4) is 0 Å². The Labute approximate surface area is 148 Å². The van der Waals surface area contributed by atoms with Gasteiger partial charge in [0.05, 0.1) is 25.0 Å². The van der Waals surface area contributed by atoms with Crippen molar-refractivity contribution >= 4 is 17.6 Å². The molecule has 1 amide bonds. The van der Waals surface area contributed by atoms with Crippen LogP contribution < -0.4 is 5.32 Å². The second kappa shape index (κ2) is 9.07. The highest BCUT2D eigenvalue weighted by Gasteiger charge is 2.29. The highest BCUT2D eigenvalue weighted by Crippen LogP contribution is 2.20. The molecule has 1 heterocycles. The molecule has 6 nitrogen and oxygen atoms in total. The number of esters is 1. The van der Waals surface area contributed by atoms with E-state index in [2.05, 4.69) is 11.4 Å². The van der Waals surface area contributed by atoms with Gasteiger partial charge in [0.2, 0.25) is 5.91 Å². The summed E-state index contributed by atoms with van der Waals surface area (Å²) in [5.74, 6) is -0.221. The van der Waals surface area contributed by atoms with E-state index in [0.717, 1.165) is 11.3 Å². The van der Waals surface area contributed by atoms with Crippen LogP contribution in [0.1, 0.15) is 32.3 Å². The van der Waals surface area contributed by atoms with Gasteiger partial charge in [-0.3, -0.25) is 9.59 Å². The quantitative estimate of drug-likeness (QED) is 0.802. The van der Waals surface area contributed by atoms with E-state index in [1.54, 1.807) is 11.8 Å². The maximum Gasteiger partial charge on any atom is 0.309 e. The van der Waals surface area contributed by atoms with Crippen molar-refractivity contribution in [3.8, 4) is 6.07 Å². The normalized spacial score (nSPS) is 16.0. The molecule has 1 atom stereocenters. The number of piperidine rings is 1. The zero-order chi connectivity index (χ0) is 18.2. The summed E-state index contributed by atoms with van der Waals surface area (Å²) in [6, 6.07) is 9.29. The number of hydrogen-bond donors (Lipinski definition) is 1. The number of likely N-dealkylation sites (tertiary alicyclic amines) is 1. The Kier molecular flexibility index (Phi) is 6.81. The molecule has 25 heavy (non-hydrogen) atoms. The van der Waals surface area contributed by atoms with E-state index in [4.69, 9.17) is 10.00 Å². The SMILES string of the molecule is CCOC(=O)C1CCN(C(=O)C(C)Nc2ccc(CC#N)cc2)CC1. The summed E-state index contributed by atoms with van der Waals surface area (Å²) in [5.41, 5.74) is 1.80. The zero-order valence-corrected chi connectivity index (χ0v) is 14.8. The van der Waals surface area contributed by atoms with Crippen LogP contribution in [0.4, 0.5) is 5.69 Å². The molecule has 0 spiro atoms. The Hall–Kier alpha value is -2.55. The molecule has 1 aromatic carbocycles. The van der Waals surface area contributed by atoms with Crippen molar-refractivity contribution in [2.45, 2.75) is 39.2 Å². The van der Waals surface area contributed by atoms with Gasteiger partial charge in [-0.05, 0) is 44.4 Å². The van der Waals surface area contributed by atoms with Gasteiger partial charge >= 0.3 is 5.97 Å². The van der Waals surface area contributed by atoms with Gasteiger partial charge in [0.1, 0.15) is 6.04 Å². The summed E-state index contributed by atoms with van der Waals surface area (Å²) in [4.78, 5) is 26.1. The maximum absolute atomic E-state index is 12.6. The summed E-state index contributed by atoms with van der Waals surface area (Å²) in [5, 5.41) is 11.9. The zero-order valence-electron chi connectivity index (χ0n) is 14.8. The standard InChI is InChI=1S/C19H25N3O3/c1-3-25-19(24)16-9-12-22(13-10-16)18(23)14(2)21-17-6-4-15(5-7-17)8-11-20/h4-7,14,16,21H,3,8-10,12-13H2,1-2H3. The maximum atomic E-state index is 12.6. The lowest BCUT2D eigenvalue weighted by atomic mass is 9.96. The molecular weight excluding hydrogens is 318 g/mol. The minimum atomic E-state index is -0.346. The van der Waals surface area contributed by atoms with Crippen LogP contribution in [-0.4, -0.2) is 42.5 Å². The molecule has 0 aliphatic carbocycles. The Morgan fingerprint density at radius 3 is 2.52 bits per heavy atom. The lowest BCUT2D eigenvalue weighted by molar-refractivity contribution is -0.151. The van der Waals surface area contributed by atoms with Crippen molar-refractivity contribution in [2.75, 3.05) is 25.0 Å². The second-order valence-corrected chi connectivity index (χ2v) is 6.25. The molecule has 0 bridgehead atoms. The first-order chi connectivity index (χ1) is 12.0. The number of ether oxygens (including phenoxy) is 1. The van der Waals surface area contributed by atoms with Crippen molar-refractivity contribution in [2.24, 2.45) is 5.92 Å². The van der Waals surface area contributed by atoms with Crippen LogP contribution in [0, 0.1) is 17.2 Å². The predicted molar refractivity (Wildman–Crippen MR) is 94.8 cm³/mol. The minimum Gasteiger partial charge on any atom is -0.466 e. The molecule has 1 aliphatic rings. The number of anilines is 1. The van der Waals surface area contributed by atoms with E-state index >= 15 is 0 Å². The van der Waals surface area contributed by atoms with Gasteiger partial charge in [-0.25, -0.2) is 0 Å². The molecule has 0 radical (unpaired) electrons. The number of nitriles is 1. The Morgan fingerprint density at radius 1 is 1.32 bits per heavy atom. The van der Waals surface area contributed by atoms with Crippen molar-refractivity contribution in [1.82, 2.24) is 4.90 Å². The molecule has 2 rings (SSSR count). The van der Waals surface area contributed by atoms with Crippen LogP contribution in [0.2, 0.25) is 0 Å². The van der Waals surface area contributed by atoms with Gasteiger partial charge in [-0.1, -0.05) is 12.1 Å². The number of benzene rings is 1. The van der Waals surface area contributed by atoms with E-state index in [1.165, 1.54) is 0 Å². The third-order valence-corrected chi connectivity index (χ3v) is 4.42. The Balaban J connectivity index is 1.84. The van der Waals surface area contributed by atoms with Crippen molar-refractivity contribution in [3.63, 3.8) is 0 Å². The molecule has 6 heteroatoms. The van der Waals surface area contributed by atoms with Crippen molar-refractivity contribution < 1.29 is 14.3 Å². The average molecular weight is 343 g/mol. The summed E-state index contributed by atoms with van der Waals surface area (Å²) in [6.45, 7) is 5.19. The van der Waals surface area contributed by atoms with E-state index < -0.39 is 0 Å². The van der Waals surface area contributed by atoms with E-state index in [-0.39, 0.29) is 23.8 Å². The van der Waals surface area contributed by atoms with Crippen LogP contribution in [-0.2, 0) is 20.7 Å². The summed E-state index contributed by atoms with van der Waals surface area (Å²) < 4.78 is 5.06. The molecule has 134 valence electrons. The first kappa shape index (κ1) is 18.8. The first-order valence-corrected chi connectivity index (χ1v) is 8.73. The molecular formula is C19H25N3O3. The molecule has 1 aromatic rings. The monoisotopic (exact) mass is 343 g/mol. The molecule has 1 saturated heterocycles. The van der Waals surface area contributed by atoms with E-state index in [9.17, 15) is 9.59 Å². The van der Waals surface area contributed by atoms with E-state index in [1.807, 2.05) is 31.2 Å². The number of hydrogen-bond acceptors (Lipinski definition) is 5. The number of rotatable bonds is 6. The third kappa shape index (κ3) is 5.21.